The van der Waals surface area contributed by atoms with E-state index in [4.69, 9.17) is 9.32 Å². The van der Waals surface area contributed by atoms with E-state index in [0.717, 1.165) is 6.07 Å². The first-order valence-electron chi connectivity index (χ1n) is 11.0. The van der Waals surface area contributed by atoms with Gasteiger partial charge in [-0.3, -0.25) is 8.98 Å². The number of nitrogens with one attached hydrogen (secondary N) is 1. The van der Waals surface area contributed by atoms with Gasteiger partial charge in [0.25, 0.3) is 0 Å². The lowest BCUT2D eigenvalue weighted by Gasteiger charge is -2.19. The van der Waals surface area contributed by atoms with E-state index in [1.54, 1.807) is 23.0 Å². The Kier molecular flexibility index (Phi) is 7.50. The Morgan fingerprint density at radius 2 is 2.08 bits per heavy atom. The molecule has 1 fully saturated rings. The average molecular weight is 544 g/mol. The van der Waals surface area contributed by atoms with E-state index in [1.165, 1.54) is 18.6 Å². The predicted octanol–water partition coefficient (Wildman–Crippen LogP) is 3.68. The van der Waals surface area contributed by atoms with E-state index in [0.29, 0.717) is 40.4 Å². The Hall–Kier alpha value is -2.81. The van der Waals surface area contributed by atoms with Crippen molar-refractivity contribution in [3.8, 4) is 0 Å². The number of ketones is 1. The largest absolute Gasteiger partial charge is 0.425 e. The summed E-state index contributed by atoms with van der Waals surface area (Å²) in [5.41, 5.74) is 0.599. The smallest absolute Gasteiger partial charge is 0.366 e. The number of rotatable bonds is 9. The number of aromatic nitrogens is 3. The number of alkyl halides is 3. The molecule has 0 saturated heterocycles. The third kappa shape index (κ3) is 6.49. The highest BCUT2D eigenvalue weighted by Gasteiger charge is 2.34. The van der Waals surface area contributed by atoms with Crippen LogP contribution in [-0.2, 0) is 27.2 Å². The third-order valence-corrected chi connectivity index (χ3v) is 7.60. The molecule has 36 heavy (non-hydrogen) atoms. The first kappa shape index (κ1) is 26.3. The van der Waals surface area contributed by atoms with E-state index in [9.17, 15) is 26.4 Å². The molecule has 3 aromatic heterocycles. The Labute approximate surface area is 209 Å². The zero-order valence-corrected chi connectivity index (χ0v) is 20.7. The van der Waals surface area contributed by atoms with E-state index < -0.39 is 21.4 Å². The number of thiophene rings is 1. The van der Waals surface area contributed by atoms with Crippen LogP contribution >= 0.6 is 11.3 Å². The summed E-state index contributed by atoms with van der Waals surface area (Å²) in [6.07, 6.45) is 2.86. The molecule has 1 aliphatic carbocycles. The summed E-state index contributed by atoms with van der Waals surface area (Å²) in [5, 5.41) is 8.19. The first-order chi connectivity index (χ1) is 16.9. The van der Waals surface area contributed by atoms with Crippen LogP contribution in [0.1, 0.15) is 45.4 Å². The van der Waals surface area contributed by atoms with Gasteiger partial charge in [0.2, 0.25) is 0 Å². The molecule has 0 aromatic carbocycles. The summed E-state index contributed by atoms with van der Waals surface area (Å²) in [5.74, 6) is 0.144. The molecular formula is C22H24F3N5O4S2. The number of halogens is 3. The maximum atomic E-state index is 13.2. The molecule has 0 spiro atoms. The van der Waals surface area contributed by atoms with Crippen molar-refractivity contribution in [2.24, 2.45) is 17.0 Å². The Bertz CT molecular complexity index is 1340. The monoisotopic (exact) mass is 543 g/mol. The van der Waals surface area contributed by atoms with Crippen molar-refractivity contribution in [2.75, 3.05) is 11.9 Å². The number of nitrogens with two attached hydrogens (primary N) is 1. The van der Waals surface area contributed by atoms with Crippen LogP contribution in [0.3, 0.4) is 0 Å². The van der Waals surface area contributed by atoms with E-state index in [1.807, 2.05) is 6.92 Å². The number of hydrogen-bond acceptors (Lipinski definition) is 8. The zero-order chi connectivity index (χ0) is 26.1. The van der Waals surface area contributed by atoms with Gasteiger partial charge in [0.1, 0.15) is 17.0 Å². The lowest BCUT2D eigenvalue weighted by atomic mass is 10.0. The molecule has 3 heterocycles. The number of carbonyl (C=O) groups is 1. The molecule has 0 amide bonds. The summed E-state index contributed by atoms with van der Waals surface area (Å²) in [4.78, 5) is 21.3. The van der Waals surface area contributed by atoms with Gasteiger partial charge in [-0.05, 0) is 42.9 Å². The average Bonchev–Trinajstić information content (AvgIpc) is 3.53. The molecular weight excluding hydrogens is 519 g/mol. The SMILES string of the molecule is C[C@H]1C[C@@H](COS(N)(=O)=O)CC1Nc1ncncc1C(=O)c1ccn(Cc2ccc(C(F)(F)F)s2)c1. The van der Waals surface area contributed by atoms with Crippen molar-refractivity contribution in [2.45, 2.75) is 38.5 Å². The molecule has 3 aromatic rings. The summed E-state index contributed by atoms with van der Waals surface area (Å²) in [7, 11) is -4.01. The van der Waals surface area contributed by atoms with Crippen LogP contribution in [0.15, 0.2) is 43.1 Å². The van der Waals surface area contributed by atoms with Gasteiger partial charge < -0.3 is 9.88 Å². The molecule has 194 valence electrons. The molecule has 1 saturated carbocycles. The molecule has 4 rings (SSSR count). The van der Waals surface area contributed by atoms with Crippen molar-refractivity contribution in [1.29, 1.82) is 0 Å². The highest BCUT2D eigenvalue weighted by atomic mass is 32.2. The fourth-order valence-corrected chi connectivity index (χ4v) is 5.58. The highest BCUT2D eigenvalue weighted by Crippen LogP contribution is 2.35. The van der Waals surface area contributed by atoms with Crippen LogP contribution in [0.2, 0.25) is 0 Å². The second-order valence-corrected chi connectivity index (χ2v) is 11.2. The van der Waals surface area contributed by atoms with Gasteiger partial charge >= 0.3 is 16.5 Å². The van der Waals surface area contributed by atoms with Gasteiger partial charge in [-0.15, -0.1) is 11.3 Å². The van der Waals surface area contributed by atoms with Crippen molar-refractivity contribution >= 4 is 33.2 Å². The fraction of sp³-hybridized carbons (Fsp3) is 0.409. The number of nitrogens with zero attached hydrogens (tertiary/aromatic N) is 3. The molecule has 3 atom stereocenters. The zero-order valence-electron chi connectivity index (χ0n) is 19.1. The van der Waals surface area contributed by atoms with Crippen LogP contribution in [-0.4, -0.2) is 41.4 Å². The summed E-state index contributed by atoms with van der Waals surface area (Å²) < 4.78 is 67.1. The van der Waals surface area contributed by atoms with Crippen LogP contribution in [0.5, 0.6) is 0 Å². The van der Waals surface area contributed by atoms with E-state index in [-0.39, 0.29) is 42.4 Å². The Morgan fingerprint density at radius 3 is 2.78 bits per heavy atom. The Balaban J connectivity index is 1.44. The molecule has 1 aliphatic rings. The van der Waals surface area contributed by atoms with Gasteiger partial charge in [0.05, 0.1) is 18.7 Å². The first-order valence-corrected chi connectivity index (χ1v) is 13.3. The van der Waals surface area contributed by atoms with Gasteiger partial charge in [-0.1, -0.05) is 6.92 Å². The molecule has 0 bridgehead atoms. The van der Waals surface area contributed by atoms with Crippen molar-refractivity contribution in [3.05, 3.63) is 64.0 Å². The van der Waals surface area contributed by atoms with Gasteiger partial charge in [0, 0.05) is 35.1 Å². The Morgan fingerprint density at radius 1 is 1.31 bits per heavy atom. The molecule has 14 heteroatoms. The van der Waals surface area contributed by atoms with E-state index in [2.05, 4.69) is 15.3 Å². The van der Waals surface area contributed by atoms with Crippen LogP contribution < -0.4 is 10.5 Å². The van der Waals surface area contributed by atoms with Crippen molar-refractivity contribution in [3.63, 3.8) is 0 Å². The van der Waals surface area contributed by atoms with Crippen molar-refractivity contribution < 1.29 is 30.6 Å². The summed E-state index contributed by atoms with van der Waals surface area (Å²) >= 11 is 0.664. The van der Waals surface area contributed by atoms with Crippen LogP contribution in [0.25, 0.3) is 0 Å². The van der Waals surface area contributed by atoms with E-state index >= 15 is 0 Å². The number of carbonyl (C=O) groups excluding carboxylic acids is 1. The van der Waals surface area contributed by atoms with Gasteiger partial charge in [-0.2, -0.15) is 21.6 Å². The minimum atomic E-state index is -4.39. The molecule has 1 unspecified atom stereocenters. The minimum Gasteiger partial charge on any atom is -0.366 e. The summed E-state index contributed by atoms with van der Waals surface area (Å²) in [6.45, 7) is 2.19. The third-order valence-electron chi connectivity index (χ3n) is 6.02. The molecule has 3 N–H and O–H groups in total. The predicted molar refractivity (Wildman–Crippen MR) is 127 cm³/mol. The lowest BCUT2D eigenvalue weighted by Crippen LogP contribution is -2.25. The van der Waals surface area contributed by atoms with Crippen LogP contribution in [0.4, 0.5) is 19.0 Å². The van der Waals surface area contributed by atoms with Crippen molar-refractivity contribution in [1.82, 2.24) is 14.5 Å². The molecule has 0 aliphatic heterocycles. The number of anilines is 1. The normalized spacial score (nSPS) is 20.5. The van der Waals surface area contributed by atoms with Gasteiger partial charge in [-0.25, -0.2) is 15.1 Å². The maximum absolute atomic E-state index is 13.2. The standard InChI is InChI=1S/C22H24F3N5O4S2/c1-13-6-14(11-34-36(26,32)33)7-18(13)29-21-17(8-27-12-28-21)20(31)15-4-5-30(9-15)10-16-2-3-19(35-16)22(23,24)25/h2-5,8-9,12-14,18H,6-7,10-11H2,1H3,(H2,26,32,33)(H,27,28,29)/t13-,14+,18?/m0/s1. The number of hydrogen-bond donors (Lipinski definition) is 2. The molecule has 0 radical (unpaired) electrons. The fourth-order valence-electron chi connectivity index (χ4n) is 4.32. The second kappa shape index (κ2) is 10.3. The lowest BCUT2D eigenvalue weighted by molar-refractivity contribution is -0.134. The summed E-state index contributed by atoms with van der Waals surface area (Å²) in [6, 6.07) is 3.99. The second-order valence-electron chi connectivity index (χ2n) is 8.79. The highest BCUT2D eigenvalue weighted by molar-refractivity contribution is 7.84. The van der Waals surface area contributed by atoms with Crippen LogP contribution in [0, 0.1) is 11.8 Å². The minimum absolute atomic E-state index is 0.0147. The topological polar surface area (TPSA) is 129 Å². The van der Waals surface area contributed by atoms with Gasteiger partial charge in [0.15, 0.2) is 5.78 Å². The quantitative estimate of drug-likeness (QED) is 0.394. The maximum Gasteiger partial charge on any atom is 0.425 e. The molecule has 9 nitrogen and oxygen atoms in total.